The number of carbonyl (C=O) groups excluding carboxylic acids is 1. The van der Waals surface area contributed by atoms with Gasteiger partial charge in [0.2, 0.25) is 21.2 Å². The van der Waals surface area contributed by atoms with E-state index in [2.05, 4.69) is 15.3 Å². The molecule has 1 aromatic carbocycles. The molecule has 2 aliphatic rings. The highest BCUT2D eigenvalue weighted by molar-refractivity contribution is 7.89. The van der Waals surface area contributed by atoms with E-state index in [0.29, 0.717) is 23.1 Å². The fourth-order valence-corrected chi connectivity index (χ4v) is 6.36. The number of ether oxygens (including phenoxy) is 1. The number of sulfonamides is 1. The van der Waals surface area contributed by atoms with Crippen LogP contribution in [0.1, 0.15) is 36.8 Å². The number of rotatable bonds is 7. The number of halogens is 2. The molecular weight excluding hydrogens is 577 g/mol. The van der Waals surface area contributed by atoms with Crippen molar-refractivity contribution in [1.82, 2.24) is 19.8 Å². The number of hydrogen-bond acceptors (Lipinski definition) is 9. The van der Waals surface area contributed by atoms with Crippen molar-refractivity contribution in [2.75, 3.05) is 57.6 Å². The van der Waals surface area contributed by atoms with E-state index in [1.807, 2.05) is 36.0 Å². The Morgan fingerprint density at radius 2 is 1.82 bits per heavy atom. The van der Waals surface area contributed by atoms with Crippen molar-refractivity contribution in [2.24, 2.45) is 11.1 Å². The summed E-state index contributed by atoms with van der Waals surface area (Å²) in [4.78, 5) is 23.8. The van der Waals surface area contributed by atoms with Crippen molar-refractivity contribution in [3.63, 3.8) is 0 Å². The Bertz CT molecular complexity index is 1280. The Hall–Kier alpha value is -2.38. The van der Waals surface area contributed by atoms with E-state index < -0.39 is 10.0 Å². The van der Waals surface area contributed by atoms with Gasteiger partial charge in [0.15, 0.2) is 0 Å². The summed E-state index contributed by atoms with van der Waals surface area (Å²) >= 11 is 11.7. The minimum Gasteiger partial charge on any atom is -0.495 e. The van der Waals surface area contributed by atoms with Crippen LogP contribution in [0.2, 0.25) is 10.3 Å². The number of nitrogens with zero attached hydrogens (tertiary/aromatic N) is 4. The van der Waals surface area contributed by atoms with Gasteiger partial charge in [0.1, 0.15) is 16.6 Å². The van der Waals surface area contributed by atoms with Crippen LogP contribution in [-0.2, 0) is 27.7 Å². The minimum absolute atomic E-state index is 0.0365. The van der Waals surface area contributed by atoms with Crippen LogP contribution < -0.4 is 20.9 Å². The first kappa shape index (κ1) is 32.1. The Kier molecular flexibility index (Phi) is 11.6. The van der Waals surface area contributed by atoms with E-state index in [9.17, 15) is 13.2 Å². The molecule has 1 aromatic heterocycles. The largest absolute Gasteiger partial charge is 0.495 e. The average molecular weight is 617 g/mol. The van der Waals surface area contributed by atoms with E-state index in [1.165, 1.54) is 17.3 Å². The summed E-state index contributed by atoms with van der Waals surface area (Å²) in [6.07, 6.45) is 6.79. The number of carbonyl (C=O) groups is 1. The summed E-state index contributed by atoms with van der Waals surface area (Å²) in [5, 5.41) is 8.77. The summed E-state index contributed by atoms with van der Waals surface area (Å²) in [7, 11) is 1.95. The van der Waals surface area contributed by atoms with Gasteiger partial charge in [-0.1, -0.05) is 24.4 Å². The van der Waals surface area contributed by atoms with Crippen molar-refractivity contribution >= 4 is 50.6 Å². The Morgan fingerprint density at radius 3 is 2.45 bits per heavy atom. The Labute approximate surface area is 246 Å². The molecule has 1 aliphatic carbocycles. The maximum atomic E-state index is 12.1. The Balaban J connectivity index is 0.000000220. The third kappa shape index (κ3) is 9.62. The highest BCUT2D eigenvalue weighted by atomic mass is 35.5. The van der Waals surface area contributed by atoms with Gasteiger partial charge in [-0.15, -0.1) is 0 Å². The maximum absolute atomic E-state index is 12.1. The van der Waals surface area contributed by atoms with Crippen molar-refractivity contribution in [3.05, 3.63) is 39.8 Å². The molecule has 40 heavy (non-hydrogen) atoms. The number of fused-ring (bicyclic) bond motifs is 1. The van der Waals surface area contributed by atoms with Gasteiger partial charge in [0, 0.05) is 19.1 Å². The SMILES string of the molecule is COc1cc2c(cc1N)CCN(C(=O)CN(C)C)CC2.NS(=O)(=O)C[C@@H]1CCCC[C@H]1Nc1nc(Cl)ncc1Cl. The van der Waals surface area contributed by atoms with E-state index in [-0.39, 0.29) is 28.9 Å². The Morgan fingerprint density at radius 1 is 1.18 bits per heavy atom. The monoisotopic (exact) mass is 615 g/mol. The lowest BCUT2D eigenvalue weighted by atomic mass is 9.86. The third-order valence-corrected chi connectivity index (χ3v) is 8.40. The summed E-state index contributed by atoms with van der Waals surface area (Å²) in [5.74, 6) is 1.24. The van der Waals surface area contributed by atoms with Gasteiger partial charge in [0.05, 0.1) is 31.3 Å². The van der Waals surface area contributed by atoms with Crippen molar-refractivity contribution in [2.45, 2.75) is 44.6 Å². The molecule has 0 spiro atoms. The predicted molar refractivity (Wildman–Crippen MR) is 159 cm³/mol. The van der Waals surface area contributed by atoms with Gasteiger partial charge >= 0.3 is 0 Å². The number of benzene rings is 1. The number of methoxy groups -OCH3 is 1. The molecule has 2 atom stereocenters. The van der Waals surface area contributed by atoms with Crippen LogP contribution in [0, 0.1) is 5.92 Å². The zero-order valence-corrected chi connectivity index (χ0v) is 25.5. The number of nitrogen functional groups attached to an aromatic ring is 1. The number of anilines is 2. The van der Waals surface area contributed by atoms with Crippen LogP contribution >= 0.6 is 23.2 Å². The number of likely N-dealkylation sites (N-methyl/N-ethyl adjacent to an activating group) is 1. The van der Waals surface area contributed by atoms with Gasteiger partial charge < -0.3 is 25.6 Å². The summed E-state index contributed by atoms with van der Waals surface area (Å²) < 4.78 is 27.9. The first-order chi connectivity index (χ1) is 18.9. The molecular formula is C26H39Cl2N7O4S. The fourth-order valence-electron chi connectivity index (χ4n) is 5.09. The molecule has 14 heteroatoms. The number of primary sulfonamides is 1. The highest BCUT2D eigenvalue weighted by Crippen LogP contribution is 2.30. The molecule has 1 saturated carbocycles. The number of hydrogen-bond donors (Lipinski definition) is 3. The smallest absolute Gasteiger partial charge is 0.236 e. The predicted octanol–water partition coefficient (Wildman–Crippen LogP) is 2.81. The molecule has 5 N–H and O–H groups in total. The fraction of sp³-hybridized carbons (Fsp3) is 0.577. The van der Waals surface area contributed by atoms with Crippen molar-refractivity contribution in [1.29, 1.82) is 0 Å². The molecule has 0 saturated heterocycles. The number of nitrogens with one attached hydrogen (secondary N) is 1. The molecule has 222 valence electrons. The van der Waals surface area contributed by atoms with Gasteiger partial charge in [0.25, 0.3) is 0 Å². The topological polar surface area (TPSA) is 157 Å². The van der Waals surface area contributed by atoms with E-state index in [4.69, 9.17) is 38.8 Å². The molecule has 0 unspecified atom stereocenters. The second-order valence-corrected chi connectivity index (χ2v) is 12.8. The first-order valence-electron chi connectivity index (χ1n) is 13.2. The maximum Gasteiger partial charge on any atom is 0.236 e. The molecule has 1 amide bonds. The van der Waals surface area contributed by atoms with E-state index in [0.717, 1.165) is 57.4 Å². The molecule has 2 aromatic rings. The summed E-state index contributed by atoms with van der Waals surface area (Å²) in [6.45, 7) is 1.97. The van der Waals surface area contributed by atoms with Gasteiger partial charge in [-0.2, -0.15) is 4.98 Å². The average Bonchev–Trinajstić information content (AvgIpc) is 3.08. The zero-order chi connectivity index (χ0) is 29.4. The highest BCUT2D eigenvalue weighted by Gasteiger charge is 2.29. The zero-order valence-electron chi connectivity index (χ0n) is 23.2. The van der Waals surface area contributed by atoms with Crippen LogP contribution in [0.3, 0.4) is 0 Å². The van der Waals surface area contributed by atoms with Crippen LogP contribution in [0.4, 0.5) is 11.5 Å². The van der Waals surface area contributed by atoms with Crippen LogP contribution in [0.5, 0.6) is 5.75 Å². The second kappa shape index (κ2) is 14.5. The molecule has 0 bridgehead atoms. The van der Waals surface area contributed by atoms with Crippen LogP contribution in [0.25, 0.3) is 0 Å². The summed E-state index contributed by atoms with van der Waals surface area (Å²) in [6, 6.07) is 3.95. The summed E-state index contributed by atoms with van der Waals surface area (Å²) in [5.41, 5.74) is 9.08. The lowest BCUT2D eigenvalue weighted by Crippen LogP contribution is -2.39. The molecule has 1 fully saturated rings. The van der Waals surface area contributed by atoms with E-state index in [1.54, 1.807) is 7.11 Å². The molecule has 1 aliphatic heterocycles. The number of amides is 1. The normalized spacial score (nSPS) is 19.2. The van der Waals surface area contributed by atoms with Gasteiger partial charge in [-0.25, -0.2) is 18.5 Å². The second-order valence-electron chi connectivity index (χ2n) is 10.4. The molecule has 2 heterocycles. The minimum atomic E-state index is -3.50. The lowest BCUT2D eigenvalue weighted by molar-refractivity contribution is -0.131. The van der Waals surface area contributed by atoms with Crippen LogP contribution in [-0.4, -0.2) is 86.7 Å². The number of nitrogens with two attached hydrogens (primary N) is 2. The van der Waals surface area contributed by atoms with E-state index >= 15 is 0 Å². The van der Waals surface area contributed by atoms with Crippen molar-refractivity contribution in [3.8, 4) is 5.75 Å². The first-order valence-corrected chi connectivity index (χ1v) is 15.7. The van der Waals surface area contributed by atoms with Gasteiger partial charge in [-0.05, 0) is 80.6 Å². The third-order valence-electron chi connectivity index (χ3n) is 7.05. The standard InChI is InChI=1S/C15H23N3O2.C11H16Cl2N4O2S/c1-17(2)10-15(19)18-6-4-11-8-13(16)14(20-3)9-12(11)5-7-18;12-8-5-15-11(13)17-10(8)16-9-4-2-1-3-7(9)6-20(14,18)19/h8-9H,4-7,10,16H2,1-3H3;5,7,9H,1-4,6H2,(H2,14,18,19)(H,15,16,17)/t;7-,9+/m.0/s1. The van der Waals surface area contributed by atoms with Gasteiger partial charge in [-0.3, -0.25) is 4.79 Å². The molecule has 4 rings (SSSR count). The quantitative estimate of drug-likeness (QED) is 0.314. The molecule has 11 nitrogen and oxygen atoms in total. The lowest BCUT2D eigenvalue weighted by Gasteiger charge is -2.32. The number of aromatic nitrogens is 2. The van der Waals surface area contributed by atoms with Crippen LogP contribution in [0.15, 0.2) is 18.3 Å². The molecule has 0 radical (unpaired) electrons. The van der Waals surface area contributed by atoms with Crippen molar-refractivity contribution < 1.29 is 17.9 Å².